The molecule has 18 heavy (non-hydrogen) atoms. The average molecular weight is 314 g/mol. The Morgan fingerprint density at radius 2 is 2.28 bits per heavy atom. The molecule has 0 aliphatic carbocycles. The molecule has 1 aromatic rings. The zero-order valence-corrected chi connectivity index (χ0v) is 10.6. The molecule has 0 saturated heterocycles. The second kappa shape index (κ2) is 4.73. The topological polar surface area (TPSA) is 101 Å². The van der Waals surface area contributed by atoms with Gasteiger partial charge in [0.15, 0.2) is 0 Å². The number of halogens is 1. The molecule has 1 atom stereocenters. The van der Waals surface area contributed by atoms with Crippen molar-refractivity contribution in [1.82, 2.24) is 5.32 Å². The maximum absolute atomic E-state index is 11.6. The Labute approximate surface area is 110 Å². The van der Waals surface area contributed by atoms with Crippen LogP contribution in [-0.4, -0.2) is 23.3 Å². The third-order valence-corrected chi connectivity index (χ3v) is 3.08. The van der Waals surface area contributed by atoms with Gasteiger partial charge in [0.1, 0.15) is 11.7 Å². The Morgan fingerprint density at radius 3 is 2.89 bits per heavy atom. The van der Waals surface area contributed by atoms with Gasteiger partial charge in [0.2, 0.25) is 12.3 Å². The molecule has 0 fully saturated rings. The highest BCUT2D eigenvalue weighted by Gasteiger charge is 2.31. The van der Waals surface area contributed by atoms with Crippen molar-refractivity contribution in [2.24, 2.45) is 0 Å². The SMILES string of the molecule is O=CNC1Cc2cc(Br)cc([N+](=O)[O-])c2NC1=O. The monoisotopic (exact) mass is 313 g/mol. The van der Waals surface area contributed by atoms with Gasteiger partial charge in [-0.1, -0.05) is 15.9 Å². The normalized spacial score (nSPS) is 17.6. The van der Waals surface area contributed by atoms with E-state index in [9.17, 15) is 19.7 Å². The van der Waals surface area contributed by atoms with Crippen LogP contribution in [0.25, 0.3) is 0 Å². The first-order chi connectivity index (χ1) is 8.52. The maximum atomic E-state index is 11.6. The van der Waals surface area contributed by atoms with Crippen molar-refractivity contribution in [3.05, 3.63) is 32.3 Å². The van der Waals surface area contributed by atoms with Crippen LogP contribution in [-0.2, 0) is 16.0 Å². The van der Waals surface area contributed by atoms with Crippen LogP contribution >= 0.6 is 15.9 Å². The lowest BCUT2D eigenvalue weighted by Gasteiger charge is -2.23. The third-order valence-electron chi connectivity index (χ3n) is 2.62. The number of benzene rings is 1. The molecule has 2 amide bonds. The Bertz CT molecular complexity index is 546. The fourth-order valence-corrected chi connectivity index (χ4v) is 2.33. The quantitative estimate of drug-likeness (QED) is 0.493. The molecule has 1 heterocycles. The van der Waals surface area contributed by atoms with Crippen LogP contribution in [0.15, 0.2) is 16.6 Å². The molecule has 94 valence electrons. The van der Waals surface area contributed by atoms with Crippen LogP contribution in [0.5, 0.6) is 0 Å². The Morgan fingerprint density at radius 1 is 1.56 bits per heavy atom. The van der Waals surface area contributed by atoms with Gasteiger partial charge in [0.25, 0.3) is 5.69 Å². The largest absolute Gasteiger partial charge is 0.347 e. The summed E-state index contributed by atoms with van der Waals surface area (Å²) in [6.45, 7) is 0. The van der Waals surface area contributed by atoms with Crippen LogP contribution in [0, 0.1) is 10.1 Å². The zero-order valence-electron chi connectivity index (χ0n) is 8.97. The summed E-state index contributed by atoms with van der Waals surface area (Å²) in [5, 5.41) is 15.7. The molecular formula is C10H8BrN3O4. The Balaban J connectivity index is 2.47. The Kier molecular flexibility index (Phi) is 3.28. The van der Waals surface area contributed by atoms with E-state index >= 15 is 0 Å². The van der Waals surface area contributed by atoms with Crippen molar-refractivity contribution >= 4 is 39.6 Å². The second-order valence-electron chi connectivity index (χ2n) is 3.75. The summed E-state index contributed by atoms with van der Waals surface area (Å²) in [4.78, 5) is 32.3. The van der Waals surface area contributed by atoms with Crippen molar-refractivity contribution in [1.29, 1.82) is 0 Å². The van der Waals surface area contributed by atoms with E-state index in [1.165, 1.54) is 6.07 Å². The number of rotatable bonds is 3. The van der Waals surface area contributed by atoms with Gasteiger partial charge >= 0.3 is 0 Å². The molecule has 7 nitrogen and oxygen atoms in total. The van der Waals surface area contributed by atoms with Crippen LogP contribution in [0.3, 0.4) is 0 Å². The summed E-state index contributed by atoms with van der Waals surface area (Å²) in [6, 6.07) is 2.30. The van der Waals surface area contributed by atoms with Gasteiger partial charge in [-0.2, -0.15) is 0 Å². The first-order valence-electron chi connectivity index (χ1n) is 5.00. The van der Waals surface area contributed by atoms with Crippen molar-refractivity contribution in [3.8, 4) is 0 Å². The summed E-state index contributed by atoms with van der Waals surface area (Å²) >= 11 is 3.18. The van der Waals surface area contributed by atoms with Crippen LogP contribution in [0.1, 0.15) is 5.56 Å². The average Bonchev–Trinajstić information content (AvgIpc) is 2.30. The number of carbonyl (C=O) groups excluding carboxylic acids is 2. The number of nitro benzene ring substituents is 1. The zero-order chi connectivity index (χ0) is 13.3. The highest BCUT2D eigenvalue weighted by Crippen LogP contribution is 2.35. The number of nitrogens with one attached hydrogen (secondary N) is 2. The lowest BCUT2D eigenvalue weighted by molar-refractivity contribution is -0.384. The molecule has 1 aromatic carbocycles. The number of hydrogen-bond donors (Lipinski definition) is 2. The fraction of sp³-hybridized carbons (Fsp3) is 0.200. The summed E-state index contributed by atoms with van der Waals surface area (Å²) in [5.41, 5.74) is 0.629. The number of amides is 2. The molecule has 0 aromatic heterocycles. The minimum absolute atomic E-state index is 0.169. The van der Waals surface area contributed by atoms with Gasteiger partial charge in [-0.15, -0.1) is 0 Å². The highest BCUT2D eigenvalue weighted by molar-refractivity contribution is 9.10. The first-order valence-corrected chi connectivity index (χ1v) is 5.79. The van der Waals surface area contributed by atoms with Crippen LogP contribution in [0.4, 0.5) is 11.4 Å². The number of fused-ring (bicyclic) bond motifs is 1. The van der Waals surface area contributed by atoms with Gasteiger partial charge in [-0.05, 0) is 11.6 Å². The van der Waals surface area contributed by atoms with Crippen molar-refractivity contribution in [3.63, 3.8) is 0 Å². The number of nitro groups is 1. The smallest absolute Gasteiger partial charge is 0.294 e. The van der Waals surface area contributed by atoms with Crippen molar-refractivity contribution in [2.45, 2.75) is 12.5 Å². The van der Waals surface area contributed by atoms with Gasteiger partial charge in [0.05, 0.1) is 4.92 Å². The molecular weight excluding hydrogens is 306 g/mol. The van der Waals surface area contributed by atoms with Gasteiger partial charge in [-0.25, -0.2) is 0 Å². The number of nitrogens with zero attached hydrogens (tertiary/aromatic N) is 1. The molecule has 0 radical (unpaired) electrons. The van der Waals surface area contributed by atoms with Crippen molar-refractivity contribution < 1.29 is 14.5 Å². The Hall–Kier alpha value is -1.96. The van der Waals surface area contributed by atoms with Crippen LogP contribution in [0.2, 0.25) is 0 Å². The summed E-state index contributed by atoms with van der Waals surface area (Å²) in [7, 11) is 0. The van der Waals surface area contributed by atoms with Crippen LogP contribution < -0.4 is 10.6 Å². The molecule has 0 spiro atoms. The minimum atomic E-state index is -0.705. The van der Waals surface area contributed by atoms with Gasteiger partial charge in [0, 0.05) is 17.0 Å². The van der Waals surface area contributed by atoms with E-state index in [0.29, 0.717) is 16.4 Å². The molecule has 2 rings (SSSR count). The highest BCUT2D eigenvalue weighted by atomic mass is 79.9. The summed E-state index contributed by atoms with van der Waals surface area (Å²) in [5.74, 6) is -0.458. The third kappa shape index (κ3) is 2.19. The lowest BCUT2D eigenvalue weighted by Crippen LogP contribution is -2.44. The molecule has 1 aliphatic heterocycles. The summed E-state index contributed by atoms with van der Waals surface area (Å²) in [6.07, 6.45) is 0.655. The molecule has 8 heteroatoms. The van der Waals surface area contributed by atoms with Crippen molar-refractivity contribution in [2.75, 3.05) is 5.32 Å². The first kappa shape index (κ1) is 12.5. The molecule has 0 bridgehead atoms. The molecule has 1 aliphatic rings. The molecule has 1 unspecified atom stereocenters. The predicted molar refractivity (Wildman–Crippen MR) is 66.1 cm³/mol. The fourth-order valence-electron chi connectivity index (χ4n) is 1.84. The standard InChI is InChI=1S/C10H8BrN3O4/c11-6-1-5-2-7(12-4-15)10(16)13-9(5)8(3-6)14(17)18/h1,3-4,7H,2H2,(H,12,15)(H,13,16). The van der Waals surface area contributed by atoms with Gasteiger partial charge < -0.3 is 10.6 Å². The summed E-state index contributed by atoms with van der Waals surface area (Å²) < 4.78 is 0.550. The van der Waals surface area contributed by atoms with E-state index in [1.54, 1.807) is 6.07 Å². The number of carbonyl (C=O) groups is 2. The molecule has 2 N–H and O–H groups in total. The van der Waals surface area contributed by atoms with E-state index < -0.39 is 16.9 Å². The number of hydrogen-bond acceptors (Lipinski definition) is 4. The van der Waals surface area contributed by atoms with Gasteiger partial charge in [-0.3, -0.25) is 19.7 Å². The minimum Gasteiger partial charge on any atom is -0.347 e. The van der Waals surface area contributed by atoms with E-state index in [1.807, 2.05) is 0 Å². The van der Waals surface area contributed by atoms with E-state index in [0.717, 1.165) is 0 Å². The van der Waals surface area contributed by atoms with E-state index in [-0.39, 0.29) is 17.8 Å². The molecule has 0 saturated carbocycles. The predicted octanol–water partition coefficient (Wildman–Crippen LogP) is 0.966. The lowest BCUT2D eigenvalue weighted by atomic mass is 9.98. The number of anilines is 1. The van der Waals surface area contributed by atoms with E-state index in [2.05, 4.69) is 26.6 Å². The maximum Gasteiger partial charge on any atom is 0.294 e. The second-order valence-corrected chi connectivity index (χ2v) is 4.66. The van der Waals surface area contributed by atoms with E-state index in [4.69, 9.17) is 0 Å².